The Hall–Kier alpha value is -2.63. The summed E-state index contributed by atoms with van der Waals surface area (Å²) >= 11 is 6.29. The van der Waals surface area contributed by atoms with Crippen LogP contribution < -0.4 is 10.2 Å². The van der Waals surface area contributed by atoms with E-state index in [1.807, 2.05) is 42.5 Å². The molecule has 6 heteroatoms. The summed E-state index contributed by atoms with van der Waals surface area (Å²) in [6.45, 7) is 7.20. The molecule has 1 aliphatic heterocycles. The topological polar surface area (TPSA) is 48.5 Å². The first kappa shape index (κ1) is 18.7. The van der Waals surface area contributed by atoms with E-state index in [9.17, 15) is 4.79 Å². The molecule has 0 saturated carbocycles. The number of nitrogens with one attached hydrogen (secondary N) is 1. The highest BCUT2D eigenvalue weighted by Crippen LogP contribution is 2.28. The number of carbonyl (C=O) groups excluding carboxylic acids is 1. The van der Waals surface area contributed by atoms with Crippen molar-refractivity contribution in [2.45, 2.75) is 6.92 Å². The van der Waals surface area contributed by atoms with E-state index >= 15 is 0 Å². The van der Waals surface area contributed by atoms with Crippen molar-refractivity contribution in [2.24, 2.45) is 0 Å². The summed E-state index contributed by atoms with van der Waals surface area (Å²) in [7, 11) is 0. The molecule has 0 radical (unpaired) electrons. The number of nitrogens with zero attached hydrogens (tertiary/aromatic N) is 3. The molecule has 1 saturated heterocycles. The van der Waals surface area contributed by atoms with Crippen LogP contribution in [0.1, 0.15) is 17.4 Å². The lowest BCUT2D eigenvalue weighted by Crippen LogP contribution is -2.46. The Kier molecular flexibility index (Phi) is 5.46. The molecule has 5 nitrogen and oxygen atoms in total. The second-order valence-corrected chi connectivity index (χ2v) is 7.27. The summed E-state index contributed by atoms with van der Waals surface area (Å²) in [5.74, 6) is -0.257. The number of rotatable bonds is 4. The first-order valence-corrected chi connectivity index (χ1v) is 9.96. The Morgan fingerprint density at radius 2 is 1.79 bits per heavy atom. The molecular weight excluding hydrogens is 372 g/mol. The molecular formula is C22H23ClN4O. The molecule has 1 aliphatic rings. The van der Waals surface area contributed by atoms with Crippen LogP contribution in [-0.4, -0.2) is 48.5 Å². The fraction of sp³-hybridized carbons (Fsp3) is 0.273. The number of carbonyl (C=O) groups is 1. The number of para-hydroxylation sites is 2. The van der Waals surface area contributed by atoms with Crippen LogP contribution in [-0.2, 0) is 0 Å². The molecule has 1 fully saturated rings. The number of anilines is 2. The molecule has 0 atom stereocenters. The van der Waals surface area contributed by atoms with Crippen LogP contribution in [0.25, 0.3) is 10.8 Å². The molecule has 28 heavy (non-hydrogen) atoms. The zero-order valence-corrected chi connectivity index (χ0v) is 16.6. The van der Waals surface area contributed by atoms with Crippen molar-refractivity contribution in [2.75, 3.05) is 42.9 Å². The average Bonchev–Trinajstić information content (AvgIpc) is 2.74. The van der Waals surface area contributed by atoms with Gasteiger partial charge in [0, 0.05) is 31.6 Å². The molecule has 1 aromatic heterocycles. The number of hydrogen-bond donors (Lipinski definition) is 1. The highest BCUT2D eigenvalue weighted by molar-refractivity contribution is 6.34. The number of benzene rings is 2. The van der Waals surface area contributed by atoms with Crippen LogP contribution >= 0.6 is 11.6 Å². The van der Waals surface area contributed by atoms with Gasteiger partial charge in [-0.15, -0.1) is 0 Å². The van der Waals surface area contributed by atoms with E-state index in [-0.39, 0.29) is 5.91 Å². The summed E-state index contributed by atoms with van der Waals surface area (Å²) < 4.78 is 0. The van der Waals surface area contributed by atoms with Gasteiger partial charge in [-0.3, -0.25) is 4.79 Å². The second kappa shape index (κ2) is 8.17. The van der Waals surface area contributed by atoms with Crippen molar-refractivity contribution in [3.63, 3.8) is 0 Å². The van der Waals surface area contributed by atoms with Crippen LogP contribution in [0.5, 0.6) is 0 Å². The van der Waals surface area contributed by atoms with E-state index in [4.69, 9.17) is 11.6 Å². The third-order valence-corrected chi connectivity index (χ3v) is 5.53. The van der Waals surface area contributed by atoms with E-state index in [0.29, 0.717) is 10.8 Å². The Morgan fingerprint density at radius 3 is 2.57 bits per heavy atom. The Labute approximate surface area is 169 Å². The molecule has 3 aromatic rings. The van der Waals surface area contributed by atoms with E-state index in [1.54, 1.807) is 6.07 Å². The van der Waals surface area contributed by atoms with E-state index in [0.717, 1.165) is 54.9 Å². The molecule has 1 N–H and O–H groups in total. The van der Waals surface area contributed by atoms with Gasteiger partial charge in [0.1, 0.15) is 10.8 Å². The van der Waals surface area contributed by atoms with E-state index in [2.05, 4.69) is 33.1 Å². The lowest BCUT2D eigenvalue weighted by atomic mass is 10.1. The summed E-state index contributed by atoms with van der Waals surface area (Å²) in [5.41, 5.74) is 2.15. The zero-order valence-electron chi connectivity index (χ0n) is 15.9. The number of aromatic nitrogens is 1. The minimum Gasteiger partial charge on any atom is -0.367 e. The van der Waals surface area contributed by atoms with Crippen molar-refractivity contribution in [3.8, 4) is 0 Å². The van der Waals surface area contributed by atoms with Crippen LogP contribution in [0.4, 0.5) is 11.4 Å². The molecule has 144 valence electrons. The summed E-state index contributed by atoms with van der Waals surface area (Å²) in [6, 6.07) is 17.4. The van der Waals surface area contributed by atoms with Gasteiger partial charge in [0.25, 0.3) is 5.91 Å². The van der Waals surface area contributed by atoms with Gasteiger partial charge >= 0.3 is 0 Å². The predicted molar refractivity (Wildman–Crippen MR) is 115 cm³/mol. The summed E-state index contributed by atoms with van der Waals surface area (Å²) in [5, 5.41) is 5.11. The van der Waals surface area contributed by atoms with Crippen LogP contribution in [0.2, 0.25) is 5.15 Å². The molecule has 0 bridgehead atoms. The quantitative estimate of drug-likeness (QED) is 0.671. The van der Waals surface area contributed by atoms with Gasteiger partial charge in [0.05, 0.1) is 11.4 Å². The fourth-order valence-corrected chi connectivity index (χ4v) is 3.88. The number of fused-ring (bicyclic) bond motifs is 1. The lowest BCUT2D eigenvalue weighted by molar-refractivity contribution is 0.102. The Morgan fingerprint density at radius 1 is 1.07 bits per heavy atom. The molecule has 0 spiro atoms. The van der Waals surface area contributed by atoms with Gasteiger partial charge in [-0.1, -0.05) is 54.9 Å². The Balaban J connectivity index is 1.57. The summed E-state index contributed by atoms with van der Waals surface area (Å²) in [6.07, 6.45) is 0. The first-order chi connectivity index (χ1) is 13.7. The van der Waals surface area contributed by atoms with Crippen molar-refractivity contribution >= 4 is 39.7 Å². The summed E-state index contributed by atoms with van der Waals surface area (Å²) in [4.78, 5) is 21.9. The van der Waals surface area contributed by atoms with Gasteiger partial charge in [0.2, 0.25) is 0 Å². The molecule has 4 rings (SSSR count). The van der Waals surface area contributed by atoms with Gasteiger partial charge < -0.3 is 15.1 Å². The first-order valence-electron chi connectivity index (χ1n) is 9.58. The largest absolute Gasteiger partial charge is 0.367 e. The second-order valence-electron chi connectivity index (χ2n) is 6.91. The maximum Gasteiger partial charge on any atom is 0.274 e. The number of pyridine rings is 1. The minimum atomic E-state index is -0.257. The maximum absolute atomic E-state index is 12.9. The van der Waals surface area contributed by atoms with Crippen LogP contribution in [0.15, 0.2) is 54.6 Å². The normalized spacial score (nSPS) is 15.0. The standard InChI is InChI=1S/C22H23ClN4O/c1-2-26-11-13-27(14-12-26)20-10-6-5-9-18(20)25-22(28)19-15-16-7-3-4-8-17(16)21(23)24-19/h3-10,15H,2,11-14H2,1H3,(H,25,28). The van der Waals surface area contributed by atoms with E-state index in [1.165, 1.54) is 0 Å². The van der Waals surface area contributed by atoms with Crippen LogP contribution in [0, 0.1) is 0 Å². The Bertz CT molecular complexity index is 999. The third kappa shape index (κ3) is 3.81. The molecule has 2 heterocycles. The average molecular weight is 395 g/mol. The minimum absolute atomic E-state index is 0.257. The zero-order chi connectivity index (χ0) is 19.5. The maximum atomic E-state index is 12.9. The van der Waals surface area contributed by atoms with Crippen molar-refractivity contribution in [1.29, 1.82) is 0 Å². The number of amides is 1. The highest BCUT2D eigenvalue weighted by atomic mass is 35.5. The van der Waals surface area contributed by atoms with Gasteiger partial charge in [-0.05, 0) is 30.1 Å². The van der Waals surface area contributed by atoms with Crippen molar-refractivity contribution < 1.29 is 4.79 Å². The smallest absolute Gasteiger partial charge is 0.274 e. The molecule has 0 aliphatic carbocycles. The van der Waals surface area contributed by atoms with E-state index < -0.39 is 0 Å². The molecule has 1 amide bonds. The molecule has 2 aromatic carbocycles. The number of hydrogen-bond acceptors (Lipinski definition) is 4. The van der Waals surface area contributed by atoms with Gasteiger partial charge in [0.15, 0.2) is 0 Å². The molecule has 0 unspecified atom stereocenters. The van der Waals surface area contributed by atoms with Gasteiger partial charge in [-0.25, -0.2) is 4.98 Å². The van der Waals surface area contributed by atoms with Gasteiger partial charge in [-0.2, -0.15) is 0 Å². The number of halogens is 1. The monoisotopic (exact) mass is 394 g/mol. The van der Waals surface area contributed by atoms with Crippen molar-refractivity contribution in [1.82, 2.24) is 9.88 Å². The number of likely N-dealkylation sites (N-methyl/N-ethyl adjacent to an activating group) is 1. The van der Waals surface area contributed by atoms with Crippen LogP contribution in [0.3, 0.4) is 0 Å². The SMILES string of the molecule is CCN1CCN(c2ccccc2NC(=O)c2cc3ccccc3c(Cl)n2)CC1. The fourth-order valence-electron chi connectivity index (χ4n) is 3.62. The third-order valence-electron chi connectivity index (χ3n) is 5.24. The van der Waals surface area contributed by atoms with Crippen molar-refractivity contribution in [3.05, 3.63) is 65.4 Å². The number of piperazine rings is 1. The highest BCUT2D eigenvalue weighted by Gasteiger charge is 2.19. The predicted octanol–water partition coefficient (Wildman–Crippen LogP) is 4.28. The lowest BCUT2D eigenvalue weighted by Gasteiger charge is -2.36.